The highest BCUT2D eigenvalue weighted by Crippen LogP contribution is 2.12. The van der Waals surface area contributed by atoms with Crippen molar-refractivity contribution in [3.8, 4) is 0 Å². The SMILES string of the molecule is O=S(=O)(CC=Cc1cccc(Cl)c1)N1CCNCC1. The maximum absolute atomic E-state index is 12.1. The van der Waals surface area contributed by atoms with Crippen LogP contribution in [0.4, 0.5) is 0 Å². The van der Waals surface area contributed by atoms with Gasteiger partial charge in [-0.2, -0.15) is 4.31 Å². The third-order valence-electron chi connectivity index (χ3n) is 2.94. The zero-order valence-corrected chi connectivity index (χ0v) is 12.1. The van der Waals surface area contributed by atoms with Crippen molar-refractivity contribution in [3.05, 3.63) is 40.9 Å². The van der Waals surface area contributed by atoms with Crippen molar-refractivity contribution in [1.82, 2.24) is 9.62 Å². The fourth-order valence-corrected chi connectivity index (χ4v) is 3.43. The second-order valence-corrected chi connectivity index (χ2v) is 6.83. The molecule has 0 saturated carbocycles. The molecule has 1 aliphatic heterocycles. The normalized spacial score (nSPS) is 17.9. The molecule has 1 aromatic carbocycles. The molecule has 2 rings (SSSR count). The van der Waals surface area contributed by atoms with Gasteiger partial charge in [-0.05, 0) is 17.7 Å². The fraction of sp³-hybridized carbons (Fsp3) is 0.385. The predicted octanol–water partition coefficient (Wildman–Crippen LogP) is 1.59. The Bertz CT molecular complexity index is 552. The van der Waals surface area contributed by atoms with Gasteiger partial charge in [0.1, 0.15) is 0 Å². The lowest BCUT2D eigenvalue weighted by Crippen LogP contribution is -2.46. The molecule has 19 heavy (non-hydrogen) atoms. The first-order valence-corrected chi connectivity index (χ1v) is 8.17. The fourth-order valence-electron chi connectivity index (χ4n) is 1.94. The van der Waals surface area contributed by atoms with Gasteiger partial charge in [-0.15, -0.1) is 0 Å². The van der Waals surface area contributed by atoms with E-state index in [0.717, 1.165) is 18.7 Å². The van der Waals surface area contributed by atoms with Crippen LogP contribution in [-0.4, -0.2) is 44.7 Å². The zero-order chi connectivity index (χ0) is 13.7. The summed E-state index contributed by atoms with van der Waals surface area (Å²) in [5, 5.41) is 3.78. The second-order valence-electron chi connectivity index (χ2n) is 4.38. The van der Waals surface area contributed by atoms with Crippen LogP contribution < -0.4 is 5.32 Å². The molecule has 1 fully saturated rings. The second kappa shape index (κ2) is 6.52. The Labute approximate surface area is 119 Å². The molecule has 0 bridgehead atoms. The molecule has 0 atom stereocenters. The Balaban J connectivity index is 1.97. The van der Waals surface area contributed by atoms with Crippen LogP contribution >= 0.6 is 11.6 Å². The van der Waals surface area contributed by atoms with Crippen LogP contribution in [-0.2, 0) is 10.0 Å². The maximum Gasteiger partial charge on any atom is 0.217 e. The monoisotopic (exact) mass is 300 g/mol. The first-order valence-electron chi connectivity index (χ1n) is 6.18. The van der Waals surface area contributed by atoms with E-state index in [0.29, 0.717) is 18.1 Å². The molecule has 1 N–H and O–H groups in total. The Hall–Kier alpha value is -0.880. The molecule has 1 aromatic rings. The van der Waals surface area contributed by atoms with Gasteiger partial charge in [0.2, 0.25) is 10.0 Å². The van der Waals surface area contributed by atoms with Gasteiger partial charge in [-0.25, -0.2) is 8.42 Å². The molecule has 6 heteroatoms. The van der Waals surface area contributed by atoms with E-state index in [-0.39, 0.29) is 5.75 Å². The molecule has 0 radical (unpaired) electrons. The summed E-state index contributed by atoms with van der Waals surface area (Å²) in [5.74, 6) is 0.0273. The van der Waals surface area contributed by atoms with Gasteiger partial charge in [0.15, 0.2) is 0 Å². The van der Waals surface area contributed by atoms with E-state index in [1.165, 1.54) is 4.31 Å². The van der Waals surface area contributed by atoms with Crippen LogP contribution in [0.3, 0.4) is 0 Å². The Morgan fingerprint density at radius 3 is 2.74 bits per heavy atom. The van der Waals surface area contributed by atoms with Crippen molar-refractivity contribution < 1.29 is 8.42 Å². The van der Waals surface area contributed by atoms with E-state index in [9.17, 15) is 8.42 Å². The van der Waals surface area contributed by atoms with E-state index < -0.39 is 10.0 Å². The lowest BCUT2D eigenvalue weighted by Gasteiger charge is -2.26. The summed E-state index contributed by atoms with van der Waals surface area (Å²) in [6.07, 6.45) is 3.45. The largest absolute Gasteiger partial charge is 0.314 e. The lowest BCUT2D eigenvalue weighted by molar-refractivity contribution is 0.361. The van der Waals surface area contributed by atoms with Gasteiger partial charge >= 0.3 is 0 Å². The van der Waals surface area contributed by atoms with Crippen LogP contribution in [0.5, 0.6) is 0 Å². The van der Waals surface area contributed by atoms with Crippen LogP contribution in [0.2, 0.25) is 5.02 Å². The maximum atomic E-state index is 12.1. The first kappa shape index (κ1) is 14.5. The molecule has 1 saturated heterocycles. The predicted molar refractivity (Wildman–Crippen MR) is 78.7 cm³/mol. The number of benzene rings is 1. The third-order valence-corrected chi connectivity index (χ3v) is 4.94. The Morgan fingerprint density at radius 2 is 2.05 bits per heavy atom. The molecule has 0 aromatic heterocycles. The third kappa shape index (κ3) is 4.31. The van der Waals surface area contributed by atoms with Gasteiger partial charge in [-0.3, -0.25) is 0 Å². The van der Waals surface area contributed by atoms with Crippen molar-refractivity contribution in [1.29, 1.82) is 0 Å². The van der Waals surface area contributed by atoms with E-state index in [2.05, 4.69) is 5.32 Å². The summed E-state index contributed by atoms with van der Waals surface area (Å²) in [6.45, 7) is 2.54. The summed E-state index contributed by atoms with van der Waals surface area (Å²) in [4.78, 5) is 0. The minimum atomic E-state index is -3.19. The number of hydrogen-bond donors (Lipinski definition) is 1. The summed E-state index contributed by atoms with van der Waals surface area (Å²) < 4.78 is 25.7. The molecule has 1 aliphatic rings. The van der Waals surface area contributed by atoms with Crippen LogP contribution in [0.15, 0.2) is 30.3 Å². The number of nitrogens with zero attached hydrogens (tertiary/aromatic N) is 1. The van der Waals surface area contributed by atoms with Gasteiger partial charge in [-0.1, -0.05) is 35.9 Å². The average molecular weight is 301 g/mol. The number of hydrogen-bond acceptors (Lipinski definition) is 3. The minimum absolute atomic E-state index is 0.0273. The highest BCUT2D eigenvalue weighted by molar-refractivity contribution is 7.89. The highest BCUT2D eigenvalue weighted by atomic mass is 35.5. The summed E-state index contributed by atoms with van der Waals surface area (Å²) >= 11 is 5.87. The number of halogens is 1. The standard InChI is InChI=1S/C13H17ClN2O2S/c14-13-5-1-3-12(11-13)4-2-10-19(17,18)16-8-6-15-7-9-16/h1-5,11,15H,6-10H2. The average Bonchev–Trinajstić information content (AvgIpc) is 2.40. The van der Waals surface area contributed by atoms with Crippen LogP contribution in [0, 0.1) is 0 Å². The molecular weight excluding hydrogens is 284 g/mol. The smallest absolute Gasteiger partial charge is 0.217 e. The van der Waals surface area contributed by atoms with Crippen molar-refractivity contribution >= 4 is 27.7 Å². The van der Waals surface area contributed by atoms with Crippen molar-refractivity contribution in [2.24, 2.45) is 0 Å². The highest BCUT2D eigenvalue weighted by Gasteiger charge is 2.21. The van der Waals surface area contributed by atoms with Crippen molar-refractivity contribution in [2.75, 3.05) is 31.9 Å². The molecule has 1 heterocycles. The first-order chi connectivity index (χ1) is 9.08. The zero-order valence-electron chi connectivity index (χ0n) is 10.5. The molecule has 4 nitrogen and oxygen atoms in total. The molecule has 0 spiro atoms. The number of sulfonamides is 1. The molecular formula is C13H17ClN2O2S. The minimum Gasteiger partial charge on any atom is -0.314 e. The summed E-state index contributed by atoms with van der Waals surface area (Å²) in [5.41, 5.74) is 0.906. The van der Waals surface area contributed by atoms with Crippen LogP contribution in [0.1, 0.15) is 5.56 Å². The van der Waals surface area contributed by atoms with Crippen molar-refractivity contribution in [2.45, 2.75) is 0 Å². The van der Waals surface area contributed by atoms with Crippen LogP contribution in [0.25, 0.3) is 6.08 Å². The van der Waals surface area contributed by atoms with Crippen molar-refractivity contribution in [3.63, 3.8) is 0 Å². The molecule has 0 amide bonds. The van der Waals surface area contributed by atoms with E-state index >= 15 is 0 Å². The van der Waals surface area contributed by atoms with Gasteiger partial charge in [0.25, 0.3) is 0 Å². The molecule has 0 aliphatic carbocycles. The molecule has 104 valence electrons. The number of nitrogens with one attached hydrogen (secondary N) is 1. The van der Waals surface area contributed by atoms with E-state index in [1.54, 1.807) is 24.3 Å². The summed E-state index contributed by atoms with van der Waals surface area (Å²) in [6, 6.07) is 7.32. The molecule has 0 unspecified atom stereocenters. The number of rotatable bonds is 4. The topological polar surface area (TPSA) is 49.4 Å². The Morgan fingerprint density at radius 1 is 1.32 bits per heavy atom. The van der Waals surface area contributed by atoms with Gasteiger partial charge in [0.05, 0.1) is 5.75 Å². The lowest BCUT2D eigenvalue weighted by atomic mass is 10.2. The van der Waals surface area contributed by atoms with E-state index in [1.807, 2.05) is 12.1 Å². The Kier molecular flexibility index (Phi) is 4.99. The quantitative estimate of drug-likeness (QED) is 0.919. The summed E-state index contributed by atoms with van der Waals surface area (Å²) in [7, 11) is -3.19. The van der Waals surface area contributed by atoms with Gasteiger partial charge in [0, 0.05) is 31.2 Å². The number of piperazine rings is 1. The van der Waals surface area contributed by atoms with E-state index in [4.69, 9.17) is 11.6 Å². The van der Waals surface area contributed by atoms with Gasteiger partial charge < -0.3 is 5.32 Å².